The van der Waals surface area contributed by atoms with E-state index < -0.39 is 5.41 Å². The molecule has 0 unspecified atom stereocenters. The maximum atomic E-state index is 5.43. The molecule has 1 spiro atoms. The van der Waals surface area contributed by atoms with Crippen LogP contribution in [0.25, 0.3) is 66.6 Å². The fourth-order valence-electron chi connectivity index (χ4n) is 7.66. The van der Waals surface area contributed by atoms with Gasteiger partial charge in [0.2, 0.25) is 0 Å². The molecule has 4 heteroatoms. The van der Waals surface area contributed by atoms with Crippen molar-refractivity contribution in [1.29, 1.82) is 0 Å². The summed E-state index contributed by atoms with van der Waals surface area (Å²) in [5, 5.41) is 4.81. The van der Waals surface area contributed by atoms with Crippen LogP contribution in [-0.2, 0) is 5.41 Å². The second-order valence-corrected chi connectivity index (χ2v) is 11.8. The first-order valence-electron chi connectivity index (χ1n) is 15.2. The van der Waals surface area contributed by atoms with Crippen LogP contribution in [0.2, 0.25) is 0 Å². The maximum absolute atomic E-state index is 5.43. The van der Waals surface area contributed by atoms with E-state index in [0.717, 1.165) is 50.7 Å². The van der Waals surface area contributed by atoms with E-state index in [-0.39, 0.29) is 0 Å². The number of rotatable bonds is 2. The fourth-order valence-corrected chi connectivity index (χ4v) is 7.66. The van der Waals surface area contributed by atoms with Crippen molar-refractivity contribution in [3.63, 3.8) is 0 Å². The Morgan fingerprint density at radius 2 is 0.978 bits per heavy atom. The molecule has 0 bridgehead atoms. The van der Waals surface area contributed by atoms with Crippen molar-refractivity contribution in [2.24, 2.45) is 0 Å². The highest BCUT2D eigenvalue weighted by Gasteiger charge is 2.55. The van der Waals surface area contributed by atoms with E-state index in [2.05, 4.69) is 115 Å². The van der Waals surface area contributed by atoms with E-state index in [1.165, 1.54) is 38.4 Å². The zero-order valence-electron chi connectivity index (χ0n) is 24.1. The molecule has 6 aromatic carbocycles. The summed E-state index contributed by atoms with van der Waals surface area (Å²) in [6, 6.07) is 46.9. The van der Waals surface area contributed by atoms with Gasteiger partial charge in [-0.05, 0) is 43.8 Å². The Labute approximate surface area is 259 Å². The molecule has 0 saturated heterocycles. The van der Waals surface area contributed by atoms with Crippen LogP contribution in [-0.4, -0.2) is 19.9 Å². The molecule has 4 nitrogen and oxygen atoms in total. The summed E-state index contributed by atoms with van der Waals surface area (Å²) in [5.74, 6) is 0. The molecule has 45 heavy (non-hydrogen) atoms. The smallest absolute Gasteiger partial charge is 0.115 e. The van der Waals surface area contributed by atoms with E-state index >= 15 is 0 Å². The van der Waals surface area contributed by atoms with E-state index in [0.29, 0.717) is 0 Å². The molecular weight excluding hydrogens is 548 g/mol. The predicted octanol–water partition coefficient (Wildman–Crippen LogP) is 9.25. The summed E-state index contributed by atoms with van der Waals surface area (Å²) in [7, 11) is 0. The summed E-state index contributed by atoms with van der Waals surface area (Å²) in [4.78, 5) is 21.3. The number of hydrogen-bond donors (Lipinski definition) is 0. The molecule has 0 aliphatic heterocycles. The number of nitrogens with zero attached hydrogens (tertiary/aromatic N) is 4. The molecule has 8 aromatic rings. The Kier molecular flexibility index (Phi) is 4.89. The fraction of sp³-hybridized carbons (Fsp3) is 0.0244. The van der Waals surface area contributed by atoms with Crippen molar-refractivity contribution in [3.8, 4) is 45.0 Å². The lowest BCUT2D eigenvalue weighted by atomic mass is 9.75. The third-order valence-electron chi connectivity index (χ3n) is 9.56. The molecule has 208 valence electrons. The van der Waals surface area contributed by atoms with Crippen molar-refractivity contribution >= 4 is 21.5 Å². The third-order valence-corrected chi connectivity index (χ3v) is 9.56. The van der Waals surface area contributed by atoms with Crippen LogP contribution < -0.4 is 0 Å². The highest BCUT2D eigenvalue weighted by atomic mass is 15.0. The number of hydrogen-bond acceptors (Lipinski definition) is 4. The van der Waals surface area contributed by atoms with Gasteiger partial charge in [-0.2, -0.15) is 0 Å². The molecule has 0 N–H and O–H groups in total. The SMILES string of the molecule is c1ccc(-c2cnc3c(n2)-c2nc(-c4cccc5c4ccc4ccccc45)cnc2C32c3ccccc3-c3ccccc32)cc1. The van der Waals surface area contributed by atoms with Gasteiger partial charge < -0.3 is 0 Å². The van der Waals surface area contributed by atoms with Crippen LogP contribution in [0.3, 0.4) is 0 Å². The second kappa shape index (κ2) is 9.01. The lowest BCUT2D eigenvalue weighted by molar-refractivity contribution is 0.727. The largest absolute Gasteiger partial charge is 0.255 e. The molecule has 0 radical (unpaired) electrons. The molecule has 2 heterocycles. The van der Waals surface area contributed by atoms with Crippen LogP contribution in [0.15, 0.2) is 146 Å². The maximum Gasteiger partial charge on any atom is 0.115 e. The van der Waals surface area contributed by atoms with E-state index in [1.807, 2.05) is 30.6 Å². The minimum absolute atomic E-state index is 0.694. The van der Waals surface area contributed by atoms with Gasteiger partial charge in [0, 0.05) is 11.1 Å². The van der Waals surface area contributed by atoms with Crippen molar-refractivity contribution in [2.45, 2.75) is 5.41 Å². The van der Waals surface area contributed by atoms with Gasteiger partial charge in [-0.1, -0.05) is 133 Å². The number of aromatic nitrogens is 4. The van der Waals surface area contributed by atoms with Gasteiger partial charge in [-0.15, -0.1) is 0 Å². The Morgan fingerprint density at radius 3 is 1.73 bits per heavy atom. The number of fused-ring (bicyclic) bond motifs is 13. The first-order valence-corrected chi connectivity index (χ1v) is 15.2. The van der Waals surface area contributed by atoms with Crippen molar-refractivity contribution in [1.82, 2.24) is 19.9 Å². The summed E-state index contributed by atoms with van der Waals surface area (Å²) >= 11 is 0. The Bertz CT molecular complexity index is 2450. The zero-order chi connectivity index (χ0) is 29.5. The van der Waals surface area contributed by atoms with Gasteiger partial charge in [0.15, 0.2) is 0 Å². The minimum atomic E-state index is -0.694. The molecule has 0 fully saturated rings. The van der Waals surface area contributed by atoms with Gasteiger partial charge in [0.25, 0.3) is 0 Å². The standard InChI is InChI=1S/C41H24N4/c1-2-12-26(13-3-1)35-23-42-39-37(44-35)38-40(41(39)33-19-8-6-15-30(33)31-16-7-9-20-34(31)41)43-24-36(45-38)32-18-10-17-28-27-14-5-4-11-25(27)21-22-29(28)32/h1-24H. The van der Waals surface area contributed by atoms with Gasteiger partial charge in [0.1, 0.15) is 16.8 Å². The van der Waals surface area contributed by atoms with Crippen molar-refractivity contribution in [3.05, 3.63) is 168 Å². The molecule has 0 saturated carbocycles. The van der Waals surface area contributed by atoms with E-state index in [9.17, 15) is 0 Å². The topological polar surface area (TPSA) is 51.6 Å². The van der Waals surface area contributed by atoms with Crippen LogP contribution in [0.4, 0.5) is 0 Å². The lowest BCUT2D eigenvalue weighted by Gasteiger charge is -2.27. The summed E-state index contributed by atoms with van der Waals surface area (Å²) < 4.78 is 0. The van der Waals surface area contributed by atoms with Gasteiger partial charge in [-0.3, -0.25) is 9.97 Å². The molecule has 10 rings (SSSR count). The van der Waals surface area contributed by atoms with Crippen molar-refractivity contribution in [2.75, 3.05) is 0 Å². The van der Waals surface area contributed by atoms with Gasteiger partial charge in [0.05, 0.1) is 35.2 Å². The van der Waals surface area contributed by atoms with Crippen LogP contribution in [0.1, 0.15) is 22.5 Å². The molecule has 2 aliphatic carbocycles. The summed E-state index contributed by atoms with van der Waals surface area (Å²) in [5.41, 5.74) is 11.1. The highest BCUT2D eigenvalue weighted by molar-refractivity contribution is 6.11. The highest BCUT2D eigenvalue weighted by Crippen LogP contribution is 2.61. The average molecular weight is 573 g/mol. The van der Waals surface area contributed by atoms with E-state index in [4.69, 9.17) is 19.9 Å². The van der Waals surface area contributed by atoms with Crippen LogP contribution in [0.5, 0.6) is 0 Å². The molecule has 0 amide bonds. The Balaban J connectivity index is 1.28. The summed E-state index contributed by atoms with van der Waals surface area (Å²) in [6.45, 7) is 0. The first-order chi connectivity index (χ1) is 22.3. The quantitative estimate of drug-likeness (QED) is 0.194. The predicted molar refractivity (Wildman–Crippen MR) is 180 cm³/mol. The van der Waals surface area contributed by atoms with Crippen LogP contribution in [0, 0.1) is 0 Å². The lowest BCUT2D eigenvalue weighted by Crippen LogP contribution is -2.28. The number of benzene rings is 6. The van der Waals surface area contributed by atoms with Crippen LogP contribution >= 0.6 is 0 Å². The van der Waals surface area contributed by atoms with E-state index in [1.54, 1.807) is 0 Å². The molecular formula is C41H24N4. The Hall–Kier alpha value is -6.00. The summed E-state index contributed by atoms with van der Waals surface area (Å²) in [6.07, 6.45) is 3.85. The minimum Gasteiger partial charge on any atom is -0.255 e. The average Bonchev–Trinajstić information content (AvgIpc) is 3.58. The van der Waals surface area contributed by atoms with Gasteiger partial charge in [-0.25, -0.2) is 9.97 Å². The van der Waals surface area contributed by atoms with Gasteiger partial charge >= 0.3 is 0 Å². The second-order valence-electron chi connectivity index (χ2n) is 11.8. The first kappa shape index (κ1) is 24.4. The third kappa shape index (κ3) is 3.20. The molecule has 2 aliphatic rings. The Morgan fingerprint density at radius 1 is 0.400 bits per heavy atom. The normalized spacial score (nSPS) is 13.5. The molecule has 2 aromatic heterocycles. The van der Waals surface area contributed by atoms with Crippen molar-refractivity contribution < 1.29 is 0 Å². The monoisotopic (exact) mass is 572 g/mol. The zero-order valence-corrected chi connectivity index (χ0v) is 24.1. The molecule has 0 atom stereocenters.